The van der Waals surface area contributed by atoms with E-state index in [0.29, 0.717) is 12.3 Å². The van der Waals surface area contributed by atoms with Crippen LogP contribution in [0.1, 0.15) is 32.4 Å². The molecule has 0 bridgehead atoms. The molecule has 0 saturated carbocycles. The van der Waals surface area contributed by atoms with E-state index in [-0.39, 0.29) is 6.10 Å². The number of amides is 1. The molecule has 0 radical (unpaired) electrons. The van der Waals surface area contributed by atoms with Gasteiger partial charge in [0.1, 0.15) is 17.5 Å². The van der Waals surface area contributed by atoms with E-state index in [1.807, 2.05) is 32.9 Å². The molecule has 0 aliphatic carbocycles. The minimum atomic E-state index is -0.515. The molecule has 1 atom stereocenters. The average Bonchev–Trinajstić information content (AvgIpc) is 3.09. The van der Waals surface area contributed by atoms with Crippen LogP contribution in [0.4, 0.5) is 10.5 Å². The molecule has 19 heavy (non-hydrogen) atoms. The van der Waals surface area contributed by atoms with Gasteiger partial charge in [0.25, 0.3) is 0 Å². The Morgan fingerprint density at radius 2 is 2.11 bits per heavy atom. The number of nitrogens with one attached hydrogen (secondary N) is 1. The van der Waals surface area contributed by atoms with Crippen molar-refractivity contribution in [1.82, 2.24) is 0 Å². The first-order valence-electron chi connectivity index (χ1n) is 6.18. The molecule has 1 fully saturated rings. The van der Waals surface area contributed by atoms with Crippen LogP contribution in [0.2, 0.25) is 0 Å². The van der Waals surface area contributed by atoms with Crippen molar-refractivity contribution < 1.29 is 19.0 Å². The molecular weight excluding hydrogens is 246 g/mol. The lowest BCUT2D eigenvalue weighted by molar-refractivity contribution is 0.0636. The Bertz CT molecular complexity index is 475. The van der Waals surface area contributed by atoms with E-state index in [4.69, 9.17) is 14.2 Å². The molecule has 1 amide bonds. The quantitative estimate of drug-likeness (QED) is 0.853. The van der Waals surface area contributed by atoms with Crippen LogP contribution in [-0.4, -0.2) is 25.4 Å². The molecule has 1 aromatic carbocycles. The molecule has 1 heterocycles. The first kappa shape index (κ1) is 13.7. The maximum Gasteiger partial charge on any atom is 0.412 e. The smallest absolute Gasteiger partial charge is 0.412 e. The Hall–Kier alpha value is -1.75. The van der Waals surface area contributed by atoms with E-state index in [9.17, 15) is 4.79 Å². The van der Waals surface area contributed by atoms with Crippen LogP contribution in [0.25, 0.3) is 0 Å². The van der Waals surface area contributed by atoms with Gasteiger partial charge in [-0.2, -0.15) is 0 Å². The Morgan fingerprint density at radius 3 is 2.63 bits per heavy atom. The largest absolute Gasteiger partial charge is 0.496 e. The normalized spacial score (nSPS) is 17.8. The summed E-state index contributed by atoms with van der Waals surface area (Å²) in [7, 11) is 1.61. The lowest BCUT2D eigenvalue weighted by Gasteiger charge is -2.20. The SMILES string of the molecule is COc1ccc(NC(=O)OC(C)(C)C)cc1[C@H]1CO1. The molecule has 1 aliphatic heterocycles. The van der Waals surface area contributed by atoms with E-state index in [2.05, 4.69) is 5.32 Å². The predicted octanol–water partition coefficient (Wildman–Crippen LogP) is 3.11. The Labute approximate surface area is 112 Å². The van der Waals surface area contributed by atoms with Gasteiger partial charge in [0.2, 0.25) is 0 Å². The molecule has 0 aromatic heterocycles. The summed E-state index contributed by atoms with van der Waals surface area (Å²) in [5.41, 5.74) is 1.09. The lowest BCUT2D eigenvalue weighted by Crippen LogP contribution is -2.27. The number of ether oxygens (including phenoxy) is 3. The van der Waals surface area contributed by atoms with Crippen molar-refractivity contribution in [2.24, 2.45) is 0 Å². The van der Waals surface area contributed by atoms with Gasteiger partial charge in [-0.05, 0) is 39.0 Å². The molecule has 5 heteroatoms. The average molecular weight is 265 g/mol. The molecular formula is C14H19NO4. The van der Waals surface area contributed by atoms with Crippen molar-refractivity contribution in [2.45, 2.75) is 32.5 Å². The minimum absolute atomic E-state index is 0.0651. The van der Waals surface area contributed by atoms with E-state index in [0.717, 1.165) is 11.3 Å². The van der Waals surface area contributed by atoms with Gasteiger partial charge in [-0.25, -0.2) is 4.79 Å². The fourth-order valence-electron chi connectivity index (χ4n) is 1.71. The van der Waals surface area contributed by atoms with Crippen LogP contribution in [0, 0.1) is 0 Å². The number of anilines is 1. The molecule has 1 aromatic rings. The van der Waals surface area contributed by atoms with Crippen LogP contribution in [-0.2, 0) is 9.47 Å². The zero-order chi connectivity index (χ0) is 14.0. The third kappa shape index (κ3) is 3.86. The van der Waals surface area contributed by atoms with Gasteiger partial charge in [0.05, 0.1) is 13.7 Å². The highest BCUT2D eigenvalue weighted by molar-refractivity contribution is 5.85. The fourth-order valence-corrected chi connectivity index (χ4v) is 1.71. The summed E-state index contributed by atoms with van der Waals surface area (Å²) in [5.74, 6) is 0.761. The molecule has 2 rings (SSSR count). The van der Waals surface area contributed by atoms with Gasteiger partial charge in [-0.15, -0.1) is 0 Å². The molecule has 1 saturated heterocycles. The number of carbonyl (C=O) groups excluding carboxylic acids is 1. The maximum absolute atomic E-state index is 11.7. The minimum Gasteiger partial charge on any atom is -0.496 e. The van der Waals surface area contributed by atoms with Crippen LogP contribution in [0.5, 0.6) is 5.75 Å². The number of epoxide rings is 1. The molecule has 0 spiro atoms. The summed E-state index contributed by atoms with van der Waals surface area (Å²) in [6.07, 6.45) is -0.407. The second-order valence-electron chi connectivity index (χ2n) is 5.41. The number of carbonyl (C=O) groups is 1. The molecule has 1 aliphatic rings. The van der Waals surface area contributed by atoms with Crippen molar-refractivity contribution in [3.8, 4) is 5.75 Å². The third-order valence-electron chi connectivity index (χ3n) is 2.56. The lowest BCUT2D eigenvalue weighted by atomic mass is 10.1. The van der Waals surface area contributed by atoms with Crippen LogP contribution >= 0.6 is 0 Å². The van der Waals surface area contributed by atoms with Gasteiger partial charge in [0.15, 0.2) is 0 Å². The van der Waals surface area contributed by atoms with E-state index < -0.39 is 11.7 Å². The molecule has 104 valence electrons. The zero-order valence-corrected chi connectivity index (χ0v) is 11.6. The van der Waals surface area contributed by atoms with E-state index >= 15 is 0 Å². The topological polar surface area (TPSA) is 60.1 Å². The highest BCUT2D eigenvalue weighted by atomic mass is 16.6. The van der Waals surface area contributed by atoms with Gasteiger partial charge in [-0.1, -0.05) is 0 Å². The van der Waals surface area contributed by atoms with Gasteiger partial charge < -0.3 is 14.2 Å². The van der Waals surface area contributed by atoms with E-state index in [1.165, 1.54) is 0 Å². The van der Waals surface area contributed by atoms with Crippen molar-refractivity contribution in [2.75, 3.05) is 19.0 Å². The first-order chi connectivity index (χ1) is 8.89. The van der Waals surface area contributed by atoms with Crippen LogP contribution in [0.3, 0.4) is 0 Å². The maximum atomic E-state index is 11.7. The summed E-state index contributed by atoms with van der Waals surface area (Å²) in [5, 5.41) is 2.70. The van der Waals surface area contributed by atoms with Crippen molar-refractivity contribution >= 4 is 11.8 Å². The first-order valence-corrected chi connectivity index (χ1v) is 6.18. The summed E-state index contributed by atoms with van der Waals surface area (Å²) < 4.78 is 15.7. The van der Waals surface area contributed by atoms with Crippen LogP contribution in [0.15, 0.2) is 18.2 Å². The van der Waals surface area contributed by atoms with Crippen molar-refractivity contribution in [3.05, 3.63) is 23.8 Å². The number of hydrogen-bond acceptors (Lipinski definition) is 4. The zero-order valence-electron chi connectivity index (χ0n) is 11.6. The highest BCUT2D eigenvalue weighted by Gasteiger charge is 2.28. The molecule has 1 N–H and O–H groups in total. The van der Waals surface area contributed by atoms with Crippen molar-refractivity contribution in [3.63, 3.8) is 0 Å². The van der Waals surface area contributed by atoms with Crippen molar-refractivity contribution in [1.29, 1.82) is 0 Å². The Kier molecular flexibility index (Phi) is 3.66. The third-order valence-corrected chi connectivity index (χ3v) is 2.56. The predicted molar refractivity (Wildman–Crippen MR) is 71.5 cm³/mol. The molecule has 5 nitrogen and oxygen atoms in total. The van der Waals surface area contributed by atoms with Gasteiger partial charge in [0, 0.05) is 11.3 Å². The Balaban J connectivity index is 2.08. The number of hydrogen-bond donors (Lipinski definition) is 1. The second-order valence-corrected chi connectivity index (χ2v) is 5.41. The summed E-state index contributed by atoms with van der Waals surface area (Å²) >= 11 is 0. The van der Waals surface area contributed by atoms with E-state index in [1.54, 1.807) is 13.2 Å². The number of methoxy groups -OCH3 is 1. The van der Waals surface area contributed by atoms with Gasteiger partial charge >= 0.3 is 6.09 Å². The number of benzene rings is 1. The second kappa shape index (κ2) is 5.09. The summed E-state index contributed by atoms with van der Waals surface area (Å²) in [4.78, 5) is 11.7. The highest BCUT2D eigenvalue weighted by Crippen LogP contribution is 2.37. The fraction of sp³-hybridized carbons (Fsp3) is 0.500. The number of rotatable bonds is 3. The molecule has 0 unspecified atom stereocenters. The summed E-state index contributed by atoms with van der Waals surface area (Å²) in [6, 6.07) is 5.43. The standard InChI is InChI=1S/C14H19NO4/c1-14(2,3)19-13(16)15-9-5-6-11(17-4)10(7-9)12-8-18-12/h5-7,12H,8H2,1-4H3,(H,15,16)/t12-/m1/s1. The van der Waals surface area contributed by atoms with Crippen LogP contribution < -0.4 is 10.1 Å². The summed E-state index contributed by atoms with van der Waals surface area (Å²) in [6.45, 7) is 6.16. The van der Waals surface area contributed by atoms with Gasteiger partial charge in [-0.3, -0.25) is 5.32 Å². The monoisotopic (exact) mass is 265 g/mol. The Morgan fingerprint density at radius 1 is 1.42 bits per heavy atom.